The van der Waals surface area contributed by atoms with E-state index in [9.17, 15) is 0 Å². The molecule has 1 aliphatic heterocycles. The fourth-order valence-corrected chi connectivity index (χ4v) is 4.79. The molecule has 0 bridgehead atoms. The third kappa shape index (κ3) is 4.60. The van der Waals surface area contributed by atoms with Crippen LogP contribution >= 0.6 is 0 Å². The van der Waals surface area contributed by atoms with Gasteiger partial charge in [0.15, 0.2) is 5.79 Å². The van der Waals surface area contributed by atoms with Gasteiger partial charge in [-0.05, 0) is 34.6 Å². The Kier molecular flexibility index (Phi) is 6.23. The number of hydrogen-bond acceptors (Lipinski definition) is 5. The van der Waals surface area contributed by atoms with Gasteiger partial charge in [0.2, 0.25) is 0 Å². The molecule has 1 fully saturated rings. The molecule has 0 aliphatic carbocycles. The van der Waals surface area contributed by atoms with E-state index >= 15 is 0 Å². The zero-order valence-electron chi connectivity index (χ0n) is 12.2. The van der Waals surface area contributed by atoms with Crippen LogP contribution in [0.25, 0.3) is 0 Å². The minimum atomic E-state index is -2.63. The minimum Gasteiger partial charge on any atom is -0.374 e. The quantitative estimate of drug-likeness (QED) is 0.637. The normalized spacial score (nSPS) is 23.5. The number of rotatable bonds is 8. The van der Waals surface area contributed by atoms with E-state index in [0.717, 1.165) is 0 Å². The Balaban J connectivity index is 2.64. The highest BCUT2D eigenvalue weighted by Gasteiger charge is 2.46. The highest BCUT2D eigenvalue weighted by Crippen LogP contribution is 2.29. The summed E-state index contributed by atoms with van der Waals surface area (Å²) in [7, 11) is -2.63. The van der Waals surface area contributed by atoms with Gasteiger partial charge in [-0.1, -0.05) is 0 Å². The van der Waals surface area contributed by atoms with E-state index in [2.05, 4.69) is 0 Å². The molecule has 0 aromatic heterocycles. The van der Waals surface area contributed by atoms with Gasteiger partial charge in [0.25, 0.3) is 0 Å². The molecule has 108 valence electrons. The minimum absolute atomic E-state index is 0.0173. The van der Waals surface area contributed by atoms with E-state index in [4.69, 9.17) is 22.8 Å². The molecule has 1 heterocycles. The Bertz CT molecular complexity index is 230. The third-order valence-corrected chi connectivity index (χ3v) is 5.78. The lowest BCUT2D eigenvalue weighted by molar-refractivity contribution is -0.137. The Morgan fingerprint density at radius 3 is 1.89 bits per heavy atom. The summed E-state index contributed by atoms with van der Waals surface area (Å²) in [6.07, 6.45) is -0.0173. The molecule has 0 unspecified atom stereocenters. The van der Waals surface area contributed by atoms with Crippen molar-refractivity contribution < 1.29 is 22.8 Å². The maximum atomic E-state index is 5.82. The van der Waals surface area contributed by atoms with Crippen molar-refractivity contribution in [2.75, 3.05) is 26.4 Å². The van der Waals surface area contributed by atoms with Crippen LogP contribution in [-0.4, -0.2) is 47.1 Å². The van der Waals surface area contributed by atoms with Crippen LogP contribution in [-0.2, 0) is 22.8 Å². The molecule has 0 aromatic rings. The summed E-state index contributed by atoms with van der Waals surface area (Å²) in [6, 6.07) is 0.645. The summed E-state index contributed by atoms with van der Waals surface area (Å²) < 4.78 is 28.8. The Morgan fingerprint density at radius 2 is 1.56 bits per heavy atom. The van der Waals surface area contributed by atoms with Crippen molar-refractivity contribution in [3.63, 3.8) is 0 Å². The van der Waals surface area contributed by atoms with Crippen molar-refractivity contribution in [3.05, 3.63) is 0 Å². The second kappa shape index (κ2) is 6.98. The van der Waals surface area contributed by atoms with Crippen LogP contribution in [0.5, 0.6) is 0 Å². The maximum Gasteiger partial charge on any atom is 0.503 e. The lowest BCUT2D eigenvalue weighted by Crippen LogP contribution is -2.49. The Labute approximate surface area is 111 Å². The molecule has 1 rings (SSSR count). The van der Waals surface area contributed by atoms with E-state index < -0.39 is 14.6 Å². The summed E-state index contributed by atoms with van der Waals surface area (Å²) in [6.45, 7) is 12.0. The summed E-state index contributed by atoms with van der Waals surface area (Å²) in [5, 5.41) is 0. The van der Waals surface area contributed by atoms with E-state index in [1.165, 1.54) is 0 Å². The van der Waals surface area contributed by atoms with E-state index in [1.54, 1.807) is 0 Å². The van der Waals surface area contributed by atoms with Crippen LogP contribution < -0.4 is 0 Å². The molecule has 0 amide bonds. The topological polar surface area (TPSA) is 46.2 Å². The molecule has 0 aromatic carbocycles. The SMILES string of the molecule is CCO[Si](C[C@@H]1COC(C)(C)O1)(OCC)OCC. The van der Waals surface area contributed by atoms with Crippen LogP contribution in [0.4, 0.5) is 0 Å². The summed E-state index contributed by atoms with van der Waals surface area (Å²) >= 11 is 0. The molecule has 18 heavy (non-hydrogen) atoms. The van der Waals surface area contributed by atoms with Crippen LogP contribution in [0.1, 0.15) is 34.6 Å². The summed E-state index contributed by atoms with van der Waals surface area (Å²) in [5.74, 6) is -0.518. The maximum absolute atomic E-state index is 5.82. The van der Waals surface area contributed by atoms with Crippen LogP contribution in [0.2, 0.25) is 6.04 Å². The predicted octanol–water partition coefficient (Wildman–Crippen LogP) is 2.19. The van der Waals surface area contributed by atoms with Gasteiger partial charge >= 0.3 is 8.80 Å². The van der Waals surface area contributed by atoms with Gasteiger partial charge in [-0.2, -0.15) is 0 Å². The molecule has 0 saturated carbocycles. The van der Waals surface area contributed by atoms with Crippen molar-refractivity contribution >= 4 is 8.80 Å². The van der Waals surface area contributed by atoms with Crippen molar-refractivity contribution in [2.24, 2.45) is 0 Å². The Hall–Kier alpha value is 0.0169. The Morgan fingerprint density at radius 1 is 1.06 bits per heavy atom. The lowest BCUT2D eigenvalue weighted by atomic mass is 10.4. The third-order valence-electron chi connectivity index (χ3n) is 2.64. The molecule has 1 aliphatic rings. The highest BCUT2D eigenvalue weighted by molar-refractivity contribution is 6.60. The van der Waals surface area contributed by atoms with E-state index in [1.807, 2.05) is 34.6 Å². The van der Waals surface area contributed by atoms with Crippen molar-refractivity contribution in [1.29, 1.82) is 0 Å². The van der Waals surface area contributed by atoms with Gasteiger partial charge in [0.1, 0.15) is 0 Å². The lowest BCUT2D eigenvalue weighted by Gasteiger charge is -2.30. The molecule has 5 nitrogen and oxygen atoms in total. The van der Waals surface area contributed by atoms with E-state index in [0.29, 0.717) is 32.5 Å². The first-order valence-electron chi connectivity index (χ1n) is 6.70. The monoisotopic (exact) mass is 278 g/mol. The molecule has 6 heteroatoms. The van der Waals surface area contributed by atoms with Gasteiger partial charge in [-0.3, -0.25) is 0 Å². The summed E-state index contributed by atoms with van der Waals surface area (Å²) in [4.78, 5) is 0. The second-order valence-electron chi connectivity index (χ2n) is 4.64. The van der Waals surface area contributed by atoms with Gasteiger partial charge in [0.05, 0.1) is 12.7 Å². The summed E-state index contributed by atoms with van der Waals surface area (Å²) in [5.41, 5.74) is 0. The predicted molar refractivity (Wildman–Crippen MR) is 70.3 cm³/mol. The largest absolute Gasteiger partial charge is 0.503 e. The highest BCUT2D eigenvalue weighted by atomic mass is 28.4. The average molecular weight is 278 g/mol. The zero-order valence-corrected chi connectivity index (χ0v) is 13.2. The molecular weight excluding hydrogens is 252 g/mol. The first kappa shape index (κ1) is 16.1. The molecule has 1 saturated heterocycles. The van der Waals surface area contributed by atoms with Gasteiger partial charge in [-0.25, -0.2) is 0 Å². The van der Waals surface area contributed by atoms with Crippen molar-refractivity contribution in [2.45, 2.75) is 52.6 Å². The average Bonchev–Trinajstić information content (AvgIpc) is 2.59. The molecule has 1 atom stereocenters. The fraction of sp³-hybridized carbons (Fsp3) is 1.00. The molecule has 0 radical (unpaired) electrons. The molecule has 0 spiro atoms. The van der Waals surface area contributed by atoms with Crippen molar-refractivity contribution in [1.82, 2.24) is 0 Å². The van der Waals surface area contributed by atoms with Crippen LogP contribution in [0.3, 0.4) is 0 Å². The van der Waals surface area contributed by atoms with E-state index in [-0.39, 0.29) is 6.10 Å². The fourth-order valence-electron chi connectivity index (χ4n) is 2.10. The zero-order chi connectivity index (χ0) is 13.6. The van der Waals surface area contributed by atoms with Gasteiger partial charge < -0.3 is 22.8 Å². The van der Waals surface area contributed by atoms with Gasteiger partial charge in [-0.15, -0.1) is 0 Å². The molecule has 0 N–H and O–H groups in total. The number of ether oxygens (including phenoxy) is 2. The van der Waals surface area contributed by atoms with Crippen LogP contribution in [0.15, 0.2) is 0 Å². The smallest absolute Gasteiger partial charge is 0.374 e. The van der Waals surface area contributed by atoms with Gasteiger partial charge in [0, 0.05) is 25.9 Å². The second-order valence-corrected chi connectivity index (χ2v) is 7.28. The first-order valence-corrected chi connectivity index (χ1v) is 8.63. The van der Waals surface area contributed by atoms with Crippen LogP contribution in [0, 0.1) is 0 Å². The first-order chi connectivity index (χ1) is 8.47. The standard InChI is InChI=1S/C12H26O5Si/c1-6-14-18(15-7-2,16-8-3)10-11-9-13-12(4,5)17-11/h11H,6-10H2,1-5H3/t11-/m0/s1. The number of hydrogen-bond donors (Lipinski definition) is 0. The van der Waals surface area contributed by atoms with Crippen molar-refractivity contribution in [3.8, 4) is 0 Å². The molecular formula is C12H26O5Si.